The van der Waals surface area contributed by atoms with Gasteiger partial charge in [-0.3, -0.25) is 9.59 Å². The highest BCUT2D eigenvalue weighted by Gasteiger charge is 2.33. The monoisotopic (exact) mass is 390 g/mol. The summed E-state index contributed by atoms with van der Waals surface area (Å²) in [5.74, 6) is -0.884. The zero-order valence-electron chi connectivity index (χ0n) is 14.2. The van der Waals surface area contributed by atoms with Gasteiger partial charge in [-0.05, 0) is 19.8 Å². The lowest BCUT2D eigenvalue weighted by atomic mass is 10.0. The molecule has 10 heteroatoms. The first-order valence-corrected chi connectivity index (χ1v) is 10.4. The van der Waals surface area contributed by atoms with Crippen LogP contribution in [-0.2, 0) is 14.8 Å². The Bertz CT molecular complexity index is 722. The molecule has 1 amide bonds. The minimum absolute atomic E-state index is 0.0322. The minimum Gasteiger partial charge on any atom is -0.496 e. The van der Waals surface area contributed by atoms with Crippen molar-refractivity contribution in [1.29, 1.82) is 0 Å². The molecule has 1 aliphatic rings. The fourth-order valence-electron chi connectivity index (χ4n) is 2.81. The summed E-state index contributed by atoms with van der Waals surface area (Å²) in [5, 5.41) is 10.8. The lowest BCUT2D eigenvalue weighted by molar-refractivity contribution is -0.138. The molecule has 0 spiro atoms. The maximum Gasteiger partial charge on any atom is 0.323 e. The van der Waals surface area contributed by atoms with Gasteiger partial charge in [0.25, 0.3) is 5.91 Å². The minimum atomic E-state index is -3.27. The molecule has 2 heterocycles. The number of piperidine rings is 1. The van der Waals surface area contributed by atoms with E-state index < -0.39 is 22.5 Å². The van der Waals surface area contributed by atoms with Crippen LogP contribution in [0.5, 0.6) is 5.75 Å². The van der Waals surface area contributed by atoms with Crippen molar-refractivity contribution in [1.82, 2.24) is 9.21 Å². The van der Waals surface area contributed by atoms with Gasteiger partial charge in [0.15, 0.2) is 0 Å². The van der Waals surface area contributed by atoms with Crippen LogP contribution in [0.2, 0.25) is 0 Å². The number of hydrogen-bond donors (Lipinski definition) is 1. The van der Waals surface area contributed by atoms with Crippen molar-refractivity contribution < 1.29 is 27.9 Å². The lowest BCUT2D eigenvalue weighted by Gasteiger charge is -2.37. The first kappa shape index (κ1) is 19.7. The second-order valence-corrected chi connectivity index (χ2v) is 8.88. The van der Waals surface area contributed by atoms with Gasteiger partial charge in [0.2, 0.25) is 10.0 Å². The van der Waals surface area contributed by atoms with E-state index in [0.29, 0.717) is 23.5 Å². The molecule has 25 heavy (non-hydrogen) atoms. The Balaban J connectivity index is 2.13. The number of thiophene rings is 1. The Morgan fingerprint density at radius 2 is 2.04 bits per heavy atom. The van der Waals surface area contributed by atoms with Gasteiger partial charge < -0.3 is 14.7 Å². The Morgan fingerprint density at radius 3 is 2.52 bits per heavy atom. The largest absolute Gasteiger partial charge is 0.496 e. The number of ether oxygens (including phenoxy) is 1. The van der Waals surface area contributed by atoms with Gasteiger partial charge in [-0.25, -0.2) is 12.7 Å². The van der Waals surface area contributed by atoms with Crippen LogP contribution in [0.3, 0.4) is 0 Å². The zero-order valence-corrected chi connectivity index (χ0v) is 15.8. The van der Waals surface area contributed by atoms with Crippen molar-refractivity contribution in [2.75, 3.05) is 32.5 Å². The predicted octanol–water partition coefficient (Wildman–Crippen LogP) is 1.10. The van der Waals surface area contributed by atoms with E-state index in [-0.39, 0.29) is 30.8 Å². The van der Waals surface area contributed by atoms with Crippen molar-refractivity contribution in [3.63, 3.8) is 0 Å². The topological polar surface area (TPSA) is 104 Å². The Morgan fingerprint density at radius 1 is 1.40 bits per heavy atom. The Labute approximate surface area is 151 Å². The molecular weight excluding hydrogens is 368 g/mol. The van der Waals surface area contributed by atoms with Gasteiger partial charge >= 0.3 is 5.97 Å². The second-order valence-electron chi connectivity index (χ2n) is 5.71. The van der Waals surface area contributed by atoms with Crippen molar-refractivity contribution in [2.45, 2.75) is 25.8 Å². The molecule has 1 N–H and O–H groups in total. The summed E-state index contributed by atoms with van der Waals surface area (Å²) >= 11 is 1.19. The molecule has 8 nitrogen and oxygen atoms in total. The lowest BCUT2D eigenvalue weighted by Crippen LogP contribution is -2.50. The summed E-state index contributed by atoms with van der Waals surface area (Å²) < 4.78 is 30.3. The number of nitrogens with zero attached hydrogens (tertiary/aromatic N) is 2. The van der Waals surface area contributed by atoms with Crippen LogP contribution >= 0.6 is 11.3 Å². The summed E-state index contributed by atoms with van der Waals surface area (Å²) in [7, 11) is -1.77. The van der Waals surface area contributed by atoms with Crippen LogP contribution in [0.4, 0.5) is 0 Å². The predicted molar refractivity (Wildman–Crippen MR) is 93.6 cm³/mol. The molecule has 0 aromatic carbocycles. The maximum atomic E-state index is 12.7. The molecule has 140 valence electrons. The average Bonchev–Trinajstić information content (AvgIpc) is 3.08. The number of hydrogen-bond acceptors (Lipinski definition) is 6. The highest BCUT2D eigenvalue weighted by atomic mass is 32.2. The number of methoxy groups -OCH3 is 1. The quantitative estimate of drug-likeness (QED) is 0.748. The standard InChI is InChI=1S/C15H22N2O6S2/c1-3-25(21,22)16-6-4-11(5-7-16)17(9-14(18)19)15(20)13-8-12(23-2)10-24-13/h8,10-11H,3-7,9H2,1-2H3,(H,18,19). The van der Waals surface area contributed by atoms with E-state index >= 15 is 0 Å². The maximum absolute atomic E-state index is 12.7. The van der Waals surface area contributed by atoms with Gasteiger partial charge in [-0.15, -0.1) is 11.3 Å². The average molecular weight is 390 g/mol. The molecule has 0 saturated carbocycles. The van der Waals surface area contributed by atoms with E-state index in [0.717, 1.165) is 0 Å². The molecule has 0 unspecified atom stereocenters. The van der Waals surface area contributed by atoms with E-state index in [1.807, 2.05) is 0 Å². The number of sulfonamides is 1. The molecule has 0 atom stereocenters. The number of carbonyl (C=O) groups excluding carboxylic acids is 1. The van der Waals surface area contributed by atoms with E-state index in [1.165, 1.54) is 27.7 Å². The second kappa shape index (κ2) is 8.15. The van der Waals surface area contributed by atoms with Crippen molar-refractivity contribution in [3.05, 3.63) is 16.3 Å². The van der Waals surface area contributed by atoms with E-state index in [4.69, 9.17) is 9.84 Å². The molecule has 1 aliphatic heterocycles. The van der Waals surface area contributed by atoms with Crippen molar-refractivity contribution in [2.24, 2.45) is 0 Å². The van der Waals surface area contributed by atoms with Crippen molar-refractivity contribution >= 4 is 33.2 Å². The van der Waals surface area contributed by atoms with Crippen LogP contribution in [0.1, 0.15) is 29.4 Å². The third-order valence-corrected chi connectivity index (χ3v) is 6.99. The summed E-state index contributed by atoms with van der Waals surface area (Å²) in [6.45, 7) is 1.76. The van der Waals surface area contributed by atoms with Gasteiger partial charge in [-0.1, -0.05) is 0 Å². The fourth-order valence-corrected chi connectivity index (χ4v) is 4.75. The third-order valence-electron chi connectivity index (χ3n) is 4.21. The molecule has 1 aromatic heterocycles. The molecule has 0 aliphatic carbocycles. The number of carboxylic acid groups (broad SMARTS) is 1. The molecule has 1 saturated heterocycles. The summed E-state index contributed by atoms with van der Waals surface area (Å²) in [5.41, 5.74) is 0. The normalized spacial score (nSPS) is 16.6. The SMILES string of the molecule is CCS(=O)(=O)N1CCC(N(CC(=O)O)C(=O)c2cc(OC)cs2)CC1. The fraction of sp³-hybridized carbons (Fsp3) is 0.600. The molecule has 2 rings (SSSR count). The summed E-state index contributed by atoms with van der Waals surface area (Å²) in [6, 6.07) is 1.28. The number of aliphatic carboxylic acids is 1. The Hall–Kier alpha value is -1.65. The smallest absolute Gasteiger partial charge is 0.323 e. The third kappa shape index (κ3) is 4.71. The Kier molecular flexibility index (Phi) is 6.42. The van der Waals surface area contributed by atoms with E-state index in [2.05, 4.69) is 0 Å². The van der Waals surface area contributed by atoms with Crippen LogP contribution < -0.4 is 4.74 Å². The summed E-state index contributed by atoms with van der Waals surface area (Å²) in [4.78, 5) is 25.7. The molecule has 0 radical (unpaired) electrons. The first-order chi connectivity index (χ1) is 11.8. The molecular formula is C15H22N2O6S2. The van der Waals surface area contributed by atoms with Gasteiger partial charge in [-0.2, -0.15) is 0 Å². The number of carbonyl (C=O) groups is 2. The van der Waals surface area contributed by atoms with Crippen LogP contribution in [0.25, 0.3) is 0 Å². The van der Waals surface area contributed by atoms with Crippen molar-refractivity contribution in [3.8, 4) is 5.75 Å². The molecule has 0 bridgehead atoms. The van der Waals surface area contributed by atoms with Gasteiger partial charge in [0, 0.05) is 30.6 Å². The molecule has 1 aromatic rings. The van der Waals surface area contributed by atoms with Crippen LogP contribution in [0, 0.1) is 0 Å². The zero-order chi connectivity index (χ0) is 18.6. The molecule has 1 fully saturated rings. The summed E-state index contributed by atoms with van der Waals surface area (Å²) in [6.07, 6.45) is 0.835. The highest BCUT2D eigenvalue weighted by molar-refractivity contribution is 7.89. The van der Waals surface area contributed by atoms with Crippen LogP contribution in [-0.4, -0.2) is 73.1 Å². The van der Waals surface area contributed by atoms with E-state index in [1.54, 1.807) is 18.4 Å². The van der Waals surface area contributed by atoms with E-state index in [9.17, 15) is 18.0 Å². The first-order valence-electron chi connectivity index (χ1n) is 7.91. The van der Waals surface area contributed by atoms with Crippen LogP contribution in [0.15, 0.2) is 11.4 Å². The number of amides is 1. The van der Waals surface area contributed by atoms with Gasteiger partial charge in [0.05, 0.1) is 17.7 Å². The van der Waals surface area contributed by atoms with Gasteiger partial charge in [0.1, 0.15) is 12.3 Å². The number of carboxylic acids is 1. The number of rotatable bonds is 7. The highest BCUT2D eigenvalue weighted by Crippen LogP contribution is 2.26.